The van der Waals surface area contributed by atoms with Crippen molar-refractivity contribution >= 4 is 79.3 Å². The van der Waals surface area contributed by atoms with E-state index in [-0.39, 0.29) is 5.02 Å². The minimum Gasteiger partial charge on any atom is -0.465 e. The number of thiophene rings is 1. The Morgan fingerprint density at radius 1 is 1.15 bits per heavy atom. The Kier molecular flexibility index (Phi) is 5.62. The molecular weight excluding hydrogens is 418 g/mol. The molecule has 0 aliphatic rings. The Labute approximate surface area is 167 Å². The number of anilines is 2. The van der Waals surface area contributed by atoms with Gasteiger partial charge in [0.25, 0.3) is 0 Å². The second-order valence-corrected chi connectivity index (χ2v) is 7.40. The van der Waals surface area contributed by atoms with Crippen LogP contribution in [0.4, 0.5) is 15.8 Å². The summed E-state index contributed by atoms with van der Waals surface area (Å²) in [5.41, 5.74) is 1.26. The zero-order valence-corrected chi connectivity index (χ0v) is 16.4. The van der Waals surface area contributed by atoms with Crippen LogP contribution in [0.1, 0.15) is 9.67 Å². The molecule has 0 amide bonds. The lowest BCUT2D eigenvalue weighted by atomic mass is 10.2. The Bertz CT molecular complexity index is 1020. The fourth-order valence-corrected chi connectivity index (χ4v) is 4.12. The average molecular weight is 429 g/mol. The number of carbonyl (C=O) groups is 1. The highest BCUT2D eigenvalue weighted by atomic mass is 35.5. The van der Waals surface area contributed by atoms with Gasteiger partial charge in [-0.2, -0.15) is 0 Å². The number of benzene rings is 2. The first-order chi connectivity index (χ1) is 12.4. The zero-order valence-electron chi connectivity index (χ0n) is 13.2. The van der Waals surface area contributed by atoms with E-state index in [0.717, 1.165) is 10.1 Å². The third-order valence-electron chi connectivity index (χ3n) is 3.44. The summed E-state index contributed by atoms with van der Waals surface area (Å²) in [4.78, 5) is 12.1. The van der Waals surface area contributed by atoms with Crippen LogP contribution in [0.25, 0.3) is 10.1 Å². The van der Waals surface area contributed by atoms with E-state index >= 15 is 0 Å². The molecule has 0 saturated heterocycles. The number of thiocarbonyl (C=S) groups is 1. The van der Waals surface area contributed by atoms with Gasteiger partial charge in [0, 0.05) is 21.5 Å². The summed E-state index contributed by atoms with van der Waals surface area (Å²) in [6.07, 6.45) is 0. The largest absolute Gasteiger partial charge is 0.465 e. The Morgan fingerprint density at radius 3 is 2.46 bits per heavy atom. The number of hydrogen-bond acceptors (Lipinski definition) is 4. The maximum Gasteiger partial charge on any atom is 0.349 e. The molecule has 3 aromatic rings. The first-order valence-corrected chi connectivity index (χ1v) is 9.20. The zero-order chi connectivity index (χ0) is 18.8. The molecule has 3 rings (SSSR count). The topological polar surface area (TPSA) is 50.4 Å². The Hall–Kier alpha value is -1.93. The van der Waals surface area contributed by atoms with Crippen LogP contribution >= 0.6 is 46.8 Å². The van der Waals surface area contributed by atoms with E-state index < -0.39 is 11.8 Å². The molecular formula is C17H11Cl2FN2O2S2. The molecule has 1 aromatic heterocycles. The standard InChI is InChI=1S/C17H11Cl2FN2O2S2/c1-24-16(23)15-14(19)10-4-2-9(7-13(10)26-15)22-17(25)21-8-3-5-12(20)11(18)6-8/h2-7H,1H3,(H2,21,22,25). The molecule has 0 spiro atoms. The van der Waals surface area contributed by atoms with Crippen LogP contribution in [0.2, 0.25) is 10.0 Å². The minimum atomic E-state index is -0.502. The number of esters is 1. The van der Waals surface area contributed by atoms with Crippen LogP contribution in [-0.4, -0.2) is 18.2 Å². The molecule has 26 heavy (non-hydrogen) atoms. The van der Waals surface area contributed by atoms with Crippen LogP contribution in [0.5, 0.6) is 0 Å². The fourth-order valence-electron chi connectivity index (χ4n) is 2.23. The van der Waals surface area contributed by atoms with Gasteiger partial charge in [0.15, 0.2) is 5.11 Å². The number of fused-ring (bicyclic) bond motifs is 1. The summed E-state index contributed by atoms with van der Waals surface area (Å²) in [5, 5.41) is 7.38. The Balaban J connectivity index is 1.78. The quantitative estimate of drug-likeness (QED) is 0.399. The van der Waals surface area contributed by atoms with E-state index in [1.807, 2.05) is 6.07 Å². The molecule has 0 bridgehead atoms. The van der Waals surface area contributed by atoms with Gasteiger partial charge < -0.3 is 15.4 Å². The first-order valence-electron chi connectivity index (χ1n) is 7.22. The predicted octanol–water partition coefficient (Wildman–Crippen LogP) is 5.94. The molecule has 0 saturated carbocycles. The number of hydrogen-bond donors (Lipinski definition) is 2. The summed E-state index contributed by atoms with van der Waals surface area (Å²) in [6.45, 7) is 0. The van der Waals surface area contributed by atoms with E-state index in [1.54, 1.807) is 12.1 Å². The summed E-state index contributed by atoms with van der Waals surface area (Å²) in [5.74, 6) is -0.978. The van der Waals surface area contributed by atoms with E-state index in [9.17, 15) is 9.18 Å². The van der Waals surface area contributed by atoms with Crippen molar-refractivity contribution in [2.45, 2.75) is 0 Å². The van der Waals surface area contributed by atoms with E-state index in [0.29, 0.717) is 26.4 Å². The normalized spacial score (nSPS) is 10.6. The van der Waals surface area contributed by atoms with Crippen molar-refractivity contribution in [2.24, 2.45) is 0 Å². The number of rotatable bonds is 3. The molecule has 134 valence electrons. The van der Waals surface area contributed by atoms with Gasteiger partial charge in [0.05, 0.1) is 17.2 Å². The molecule has 4 nitrogen and oxygen atoms in total. The van der Waals surface area contributed by atoms with Gasteiger partial charge in [-0.15, -0.1) is 11.3 Å². The maximum atomic E-state index is 13.2. The molecule has 9 heteroatoms. The second kappa shape index (κ2) is 7.75. The number of halogens is 3. The van der Waals surface area contributed by atoms with E-state index in [4.69, 9.17) is 40.2 Å². The summed E-state index contributed by atoms with van der Waals surface area (Å²) < 4.78 is 18.7. The van der Waals surface area contributed by atoms with Crippen molar-refractivity contribution in [2.75, 3.05) is 17.7 Å². The van der Waals surface area contributed by atoms with Gasteiger partial charge in [0.2, 0.25) is 0 Å². The number of methoxy groups -OCH3 is 1. The third kappa shape index (κ3) is 3.91. The van der Waals surface area contributed by atoms with E-state index in [1.165, 1.54) is 36.6 Å². The van der Waals surface area contributed by atoms with Crippen molar-refractivity contribution in [3.8, 4) is 0 Å². The van der Waals surface area contributed by atoms with Gasteiger partial charge in [-0.25, -0.2) is 9.18 Å². The van der Waals surface area contributed by atoms with Crippen molar-refractivity contribution < 1.29 is 13.9 Å². The van der Waals surface area contributed by atoms with Crippen LogP contribution in [0.3, 0.4) is 0 Å². The number of carbonyl (C=O) groups excluding carboxylic acids is 1. The molecule has 0 unspecified atom stereocenters. The number of nitrogens with one attached hydrogen (secondary N) is 2. The maximum absolute atomic E-state index is 13.2. The van der Waals surface area contributed by atoms with Crippen LogP contribution in [0.15, 0.2) is 36.4 Å². The fraction of sp³-hybridized carbons (Fsp3) is 0.0588. The lowest BCUT2D eigenvalue weighted by molar-refractivity contribution is 0.0606. The van der Waals surface area contributed by atoms with Crippen molar-refractivity contribution in [1.82, 2.24) is 0 Å². The Morgan fingerprint density at radius 2 is 1.81 bits per heavy atom. The van der Waals surface area contributed by atoms with E-state index in [2.05, 4.69) is 10.6 Å². The molecule has 2 N–H and O–H groups in total. The molecule has 0 atom stereocenters. The van der Waals surface area contributed by atoms with Gasteiger partial charge >= 0.3 is 5.97 Å². The predicted molar refractivity (Wildman–Crippen MR) is 109 cm³/mol. The molecule has 0 aliphatic carbocycles. The average Bonchev–Trinajstić information content (AvgIpc) is 2.93. The van der Waals surface area contributed by atoms with Gasteiger partial charge in [0.1, 0.15) is 10.7 Å². The van der Waals surface area contributed by atoms with Crippen molar-refractivity contribution in [3.05, 3.63) is 57.1 Å². The van der Waals surface area contributed by atoms with Gasteiger partial charge in [-0.1, -0.05) is 23.2 Å². The van der Waals surface area contributed by atoms with Crippen LogP contribution < -0.4 is 10.6 Å². The van der Waals surface area contributed by atoms with Gasteiger partial charge in [-0.05, 0) is 48.6 Å². The highest BCUT2D eigenvalue weighted by molar-refractivity contribution is 7.80. The lowest BCUT2D eigenvalue weighted by Gasteiger charge is -2.11. The van der Waals surface area contributed by atoms with Crippen molar-refractivity contribution in [3.63, 3.8) is 0 Å². The SMILES string of the molecule is COC(=O)c1sc2cc(NC(=S)Nc3ccc(F)c(Cl)c3)ccc2c1Cl. The lowest BCUT2D eigenvalue weighted by Crippen LogP contribution is -2.18. The monoisotopic (exact) mass is 428 g/mol. The van der Waals surface area contributed by atoms with Crippen LogP contribution in [-0.2, 0) is 4.74 Å². The highest BCUT2D eigenvalue weighted by Crippen LogP contribution is 2.37. The van der Waals surface area contributed by atoms with Crippen LogP contribution in [0, 0.1) is 5.82 Å². The number of ether oxygens (including phenoxy) is 1. The second-order valence-electron chi connectivity index (χ2n) is 5.16. The minimum absolute atomic E-state index is 0.00258. The summed E-state index contributed by atoms with van der Waals surface area (Å²) in [7, 11) is 1.31. The molecule has 0 aliphatic heterocycles. The summed E-state index contributed by atoms with van der Waals surface area (Å²) >= 11 is 18.5. The first kappa shape index (κ1) is 18.8. The molecule has 0 fully saturated rings. The molecule has 1 heterocycles. The van der Waals surface area contributed by atoms with Gasteiger partial charge in [-0.3, -0.25) is 0 Å². The highest BCUT2D eigenvalue weighted by Gasteiger charge is 2.17. The third-order valence-corrected chi connectivity index (χ3v) is 5.57. The molecule has 0 radical (unpaired) electrons. The molecule has 2 aromatic carbocycles. The summed E-state index contributed by atoms with van der Waals surface area (Å²) in [6, 6.07) is 9.62. The van der Waals surface area contributed by atoms with Crippen molar-refractivity contribution in [1.29, 1.82) is 0 Å². The smallest absolute Gasteiger partial charge is 0.349 e.